The molecule has 0 aliphatic carbocycles. The van der Waals surface area contributed by atoms with E-state index in [0.717, 1.165) is 78.0 Å². The molecule has 0 unspecified atom stereocenters. The number of carbonyl (C=O) groups excluding carboxylic acids is 2. The molecule has 2 aromatic carbocycles. The predicted octanol–water partition coefficient (Wildman–Crippen LogP) is 8.92. The molecule has 1 fully saturated rings. The van der Waals surface area contributed by atoms with Crippen LogP contribution in [0.5, 0.6) is 0 Å². The molecule has 3 aromatic heterocycles. The lowest BCUT2D eigenvalue weighted by molar-refractivity contribution is -0.162. The van der Waals surface area contributed by atoms with Crippen molar-refractivity contribution in [3.63, 3.8) is 0 Å². The molecular formula is C47H49N5O4. The fourth-order valence-electron chi connectivity index (χ4n) is 9.73. The summed E-state index contributed by atoms with van der Waals surface area (Å²) in [5, 5.41) is 0. The molecule has 5 aromatic rings. The minimum atomic E-state index is -1.46. The van der Waals surface area contributed by atoms with Crippen molar-refractivity contribution in [3.8, 4) is 22.3 Å². The topological polar surface area (TPSA) is 113 Å². The molecule has 0 saturated carbocycles. The Labute approximate surface area is 327 Å². The SMILES string of the molecule is CCOC(=O)[C@]12CN(C)C[C@@]1(C(=O)OCC)c1cc3ccc([nH]3)c(-c3c(C)cc(C)cc3C)c3nc(c(-c4c(C)cc(C)cc4C)c4ccc(cc2n1)[nH]4)C=C3. The highest BCUT2D eigenvalue weighted by atomic mass is 16.5. The maximum Gasteiger partial charge on any atom is 0.321 e. The number of aromatic nitrogens is 4. The van der Waals surface area contributed by atoms with Gasteiger partial charge in [0.15, 0.2) is 0 Å². The Hall–Kier alpha value is -5.80. The van der Waals surface area contributed by atoms with Gasteiger partial charge in [-0.1, -0.05) is 35.4 Å². The van der Waals surface area contributed by atoms with E-state index in [2.05, 4.69) is 100 Å². The summed E-state index contributed by atoms with van der Waals surface area (Å²) in [5.41, 5.74) is 13.9. The second-order valence-electron chi connectivity index (χ2n) is 15.8. The van der Waals surface area contributed by atoms with Gasteiger partial charge < -0.3 is 24.3 Å². The molecule has 9 nitrogen and oxygen atoms in total. The Bertz CT molecular complexity index is 2440. The van der Waals surface area contributed by atoms with E-state index < -0.39 is 22.8 Å². The summed E-state index contributed by atoms with van der Waals surface area (Å²) in [4.78, 5) is 49.1. The molecule has 2 N–H and O–H groups in total. The highest BCUT2D eigenvalue weighted by Crippen LogP contribution is 2.54. The van der Waals surface area contributed by atoms with Crippen molar-refractivity contribution >= 4 is 46.2 Å². The molecule has 3 aliphatic heterocycles. The van der Waals surface area contributed by atoms with Crippen LogP contribution < -0.4 is 0 Å². The quantitative estimate of drug-likeness (QED) is 0.164. The number of nitrogens with one attached hydrogen (secondary N) is 2. The van der Waals surface area contributed by atoms with Crippen LogP contribution in [0.2, 0.25) is 0 Å². The van der Waals surface area contributed by atoms with Gasteiger partial charge in [-0.3, -0.25) is 14.6 Å². The van der Waals surface area contributed by atoms with E-state index in [1.54, 1.807) is 13.8 Å². The number of nitrogens with zero attached hydrogens (tertiary/aromatic N) is 3. The molecule has 1 saturated heterocycles. The zero-order chi connectivity index (χ0) is 39.7. The second kappa shape index (κ2) is 13.7. The number of hydrogen-bond acceptors (Lipinski definition) is 7. The van der Waals surface area contributed by atoms with Gasteiger partial charge in [-0.05, 0) is 144 Å². The van der Waals surface area contributed by atoms with Crippen LogP contribution in [0.4, 0.5) is 0 Å². The molecule has 0 radical (unpaired) electrons. The number of aryl methyl sites for hydroxylation is 6. The van der Waals surface area contributed by atoms with Crippen molar-refractivity contribution in [2.24, 2.45) is 0 Å². The lowest BCUT2D eigenvalue weighted by Crippen LogP contribution is -2.56. The van der Waals surface area contributed by atoms with E-state index in [4.69, 9.17) is 19.4 Å². The molecule has 0 amide bonds. The summed E-state index contributed by atoms with van der Waals surface area (Å²) in [6.45, 7) is 17.1. The van der Waals surface area contributed by atoms with Crippen LogP contribution in [-0.4, -0.2) is 70.1 Å². The van der Waals surface area contributed by atoms with Gasteiger partial charge in [0.1, 0.15) is 10.8 Å². The first-order valence-electron chi connectivity index (χ1n) is 19.4. The van der Waals surface area contributed by atoms with E-state index in [1.807, 2.05) is 36.2 Å². The number of ether oxygens (including phenoxy) is 2. The van der Waals surface area contributed by atoms with Crippen LogP contribution in [0, 0.1) is 41.5 Å². The molecule has 6 heterocycles. The largest absolute Gasteiger partial charge is 0.465 e. The summed E-state index contributed by atoms with van der Waals surface area (Å²) in [5.74, 6) is -1.00. The van der Waals surface area contributed by atoms with Gasteiger partial charge in [-0.15, -0.1) is 0 Å². The van der Waals surface area contributed by atoms with E-state index >= 15 is 0 Å². The summed E-state index contributed by atoms with van der Waals surface area (Å²) in [6, 6.07) is 20.7. The number of H-pyrrole nitrogens is 2. The van der Waals surface area contributed by atoms with Crippen molar-refractivity contribution in [2.75, 3.05) is 33.4 Å². The predicted molar refractivity (Wildman–Crippen MR) is 223 cm³/mol. The Morgan fingerprint density at radius 2 is 1.00 bits per heavy atom. The van der Waals surface area contributed by atoms with Gasteiger partial charge in [0.05, 0.1) is 36.0 Å². The Balaban J connectivity index is 1.58. The van der Waals surface area contributed by atoms with Crippen LogP contribution in [0.3, 0.4) is 0 Å². The molecule has 9 heteroatoms. The van der Waals surface area contributed by atoms with Crippen molar-refractivity contribution in [2.45, 2.75) is 66.2 Å². The number of fused-ring (bicyclic) bond motifs is 11. The van der Waals surface area contributed by atoms with Gasteiger partial charge in [-0.2, -0.15) is 0 Å². The maximum absolute atomic E-state index is 14.6. The molecule has 8 bridgehead atoms. The van der Waals surface area contributed by atoms with Crippen molar-refractivity contribution in [1.29, 1.82) is 0 Å². The number of esters is 2. The Morgan fingerprint density at radius 3 is 1.38 bits per heavy atom. The number of carbonyl (C=O) groups is 2. The second-order valence-corrected chi connectivity index (χ2v) is 15.8. The monoisotopic (exact) mass is 747 g/mol. The van der Waals surface area contributed by atoms with E-state index in [9.17, 15) is 9.59 Å². The summed E-state index contributed by atoms with van der Waals surface area (Å²) < 4.78 is 11.7. The number of aromatic amines is 2. The number of likely N-dealkylation sites (tertiary alicyclic amines) is 1. The summed E-state index contributed by atoms with van der Waals surface area (Å²) in [7, 11) is 1.92. The molecular weight excluding hydrogens is 699 g/mol. The first kappa shape index (κ1) is 37.1. The van der Waals surface area contributed by atoms with Crippen LogP contribution in [0.25, 0.3) is 56.5 Å². The minimum Gasteiger partial charge on any atom is -0.465 e. The first-order chi connectivity index (χ1) is 26.8. The molecule has 56 heavy (non-hydrogen) atoms. The molecule has 8 rings (SSSR count). The first-order valence-corrected chi connectivity index (χ1v) is 19.4. The van der Waals surface area contributed by atoms with Crippen molar-refractivity contribution < 1.29 is 19.1 Å². The number of hydrogen-bond donors (Lipinski definition) is 2. The van der Waals surface area contributed by atoms with Gasteiger partial charge >= 0.3 is 11.9 Å². The lowest BCUT2D eigenvalue weighted by atomic mass is 9.63. The van der Waals surface area contributed by atoms with Crippen LogP contribution >= 0.6 is 0 Å². The molecule has 2 atom stereocenters. The fraction of sp³-hybridized carbons (Fsp3) is 0.319. The van der Waals surface area contributed by atoms with Gasteiger partial charge in [0.2, 0.25) is 0 Å². The summed E-state index contributed by atoms with van der Waals surface area (Å²) >= 11 is 0. The van der Waals surface area contributed by atoms with Crippen molar-refractivity contribution in [3.05, 3.63) is 117 Å². The summed E-state index contributed by atoms with van der Waals surface area (Å²) in [6.07, 6.45) is 4.22. The van der Waals surface area contributed by atoms with E-state index in [0.29, 0.717) is 11.4 Å². The van der Waals surface area contributed by atoms with E-state index in [-0.39, 0.29) is 26.3 Å². The minimum absolute atomic E-state index is 0.153. The third-order valence-corrected chi connectivity index (χ3v) is 11.7. The average Bonchev–Trinajstić information content (AvgIpc) is 3.96. The van der Waals surface area contributed by atoms with Gasteiger partial charge in [-0.25, -0.2) is 4.98 Å². The smallest absolute Gasteiger partial charge is 0.321 e. The third-order valence-electron chi connectivity index (χ3n) is 11.7. The highest BCUT2D eigenvalue weighted by molar-refractivity contribution is 6.01. The number of benzene rings is 2. The Morgan fingerprint density at radius 1 is 0.607 bits per heavy atom. The standard InChI is InChI=1S/C47H49N5O4/c1-10-55-44(53)46-24-52(9)25-47(46,45(54)56-11-2)39-23-33-13-15-35(49-33)43(41-30(7)20-27(4)21-31(41)8)37-17-16-36(50-37)42(40-28(5)18-26(3)19-29(40)6)34-14-12-32(48-34)22-38(46)51-39/h12-23,48-49H,10-11,24-25H2,1-9H3/t46-,47+. The molecule has 286 valence electrons. The van der Waals surface area contributed by atoms with Crippen LogP contribution in [-0.2, 0) is 29.9 Å². The normalized spacial score (nSPS) is 18.9. The zero-order valence-electron chi connectivity index (χ0n) is 33.7. The maximum atomic E-state index is 14.6. The highest BCUT2D eigenvalue weighted by Gasteiger charge is 2.73. The fourth-order valence-corrected chi connectivity index (χ4v) is 9.73. The molecule has 0 spiro atoms. The van der Waals surface area contributed by atoms with Gasteiger partial charge in [0.25, 0.3) is 0 Å². The number of likely N-dealkylation sites (N-methyl/N-ethyl adjacent to an activating group) is 1. The number of rotatable bonds is 6. The van der Waals surface area contributed by atoms with Crippen LogP contribution in [0.15, 0.2) is 60.7 Å². The zero-order valence-corrected chi connectivity index (χ0v) is 33.7. The average molecular weight is 748 g/mol. The Kier molecular flexibility index (Phi) is 9.11. The molecule has 3 aliphatic rings. The van der Waals surface area contributed by atoms with E-state index in [1.165, 1.54) is 11.1 Å². The van der Waals surface area contributed by atoms with Gasteiger partial charge in [0, 0.05) is 46.3 Å². The van der Waals surface area contributed by atoms with Crippen LogP contribution in [0.1, 0.15) is 70.0 Å². The third kappa shape index (κ3) is 5.62. The lowest BCUT2D eigenvalue weighted by Gasteiger charge is -2.35. The van der Waals surface area contributed by atoms with Crippen molar-refractivity contribution in [1.82, 2.24) is 24.8 Å².